The van der Waals surface area contributed by atoms with Gasteiger partial charge in [-0.2, -0.15) is 0 Å². The van der Waals surface area contributed by atoms with E-state index in [1.165, 1.54) is 9.75 Å². The zero-order chi connectivity index (χ0) is 17.5. The molecule has 132 valence electrons. The molecule has 0 aliphatic rings. The number of nitrogens with two attached hydrogens (primary N) is 2. The molecule has 1 aromatic heterocycles. The maximum absolute atomic E-state index is 10.5. The minimum Gasteiger partial charge on any atom is -0.493 e. The van der Waals surface area contributed by atoms with Crippen LogP contribution in [0, 0.1) is 13.8 Å². The molecule has 0 radical (unpaired) electrons. The highest BCUT2D eigenvalue weighted by atomic mass is 32.1. The molecule has 4 nitrogen and oxygen atoms in total. The summed E-state index contributed by atoms with van der Waals surface area (Å²) < 4.78 is 6.01. The summed E-state index contributed by atoms with van der Waals surface area (Å²) in [5.74, 6) is 0.788. The molecule has 0 spiro atoms. The van der Waals surface area contributed by atoms with Gasteiger partial charge in [-0.3, -0.25) is 0 Å². The van der Waals surface area contributed by atoms with Gasteiger partial charge in [0.15, 0.2) is 0 Å². The first-order chi connectivity index (χ1) is 11.6. The molecule has 0 fully saturated rings. The van der Waals surface area contributed by atoms with Crippen LogP contribution in [-0.4, -0.2) is 24.8 Å². The van der Waals surface area contributed by atoms with E-state index < -0.39 is 6.10 Å². The Morgan fingerprint density at radius 2 is 1.83 bits per heavy atom. The van der Waals surface area contributed by atoms with E-state index in [9.17, 15) is 5.11 Å². The minimum atomic E-state index is -0.556. The molecular formula is C19H28N2O2S. The van der Waals surface area contributed by atoms with Crippen molar-refractivity contribution >= 4 is 11.3 Å². The van der Waals surface area contributed by atoms with Crippen molar-refractivity contribution in [2.45, 2.75) is 39.2 Å². The van der Waals surface area contributed by atoms with E-state index in [0.717, 1.165) is 35.3 Å². The van der Waals surface area contributed by atoms with Crippen molar-refractivity contribution in [1.29, 1.82) is 0 Å². The molecule has 1 aromatic carbocycles. The Labute approximate surface area is 148 Å². The topological polar surface area (TPSA) is 81.5 Å². The molecular weight excluding hydrogens is 320 g/mol. The molecule has 0 saturated heterocycles. The number of aliphatic hydroxyl groups is 1. The standard InChI is InChI=1S/C19H28N2O2S/c1-13-6-9-18(24-13)15-7-8-16(17(22)5-3-10-20)19(14(15)2)23-12-4-11-21/h6-9,17,22H,3-5,10-12,20-21H2,1-2H3. The molecule has 5 heteroatoms. The lowest BCUT2D eigenvalue weighted by molar-refractivity contribution is 0.159. The highest BCUT2D eigenvalue weighted by molar-refractivity contribution is 7.15. The van der Waals surface area contributed by atoms with E-state index >= 15 is 0 Å². The Balaban J connectivity index is 2.38. The van der Waals surface area contributed by atoms with Crippen molar-refractivity contribution in [3.8, 4) is 16.2 Å². The monoisotopic (exact) mass is 348 g/mol. The second kappa shape index (κ2) is 9.18. The van der Waals surface area contributed by atoms with E-state index in [4.69, 9.17) is 16.2 Å². The predicted octanol–water partition coefficient (Wildman–Crippen LogP) is 3.53. The summed E-state index contributed by atoms with van der Waals surface area (Å²) in [4.78, 5) is 2.50. The Bertz CT molecular complexity index is 655. The third kappa shape index (κ3) is 4.57. The van der Waals surface area contributed by atoms with Gasteiger partial charge in [0.05, 0.1) is 12.7 Å². The summed E-state index contributed by atoms with van der Waals surface area (Å²) in [7, 11) is 0. The molecule has 1 unspecified atom stereocenters. The summed E-state index contributed by atoms with van der Waals surface area (Å²) in [5, 5.41) is 10.5. The van der Waals surface area contributed by atoms with Crippen molar-refractivity contribution in [3.05, 3.63) is 40.3 Å². The van der Waals surface area contributed by atoms with Crippen LogP contribution in [0.4, 0.5) is 0 Å². The van der Waals surface area contributed by atoms with Crippen LogP contribution in [-0.2, 0) is 0 Å². The number of hydrogen-bond acceptors (Lipinski definition) is 5. The quantitative estimate of drug-likeness (QED) is 0.606. The second-order valence-electron chi connectivity index (χ2n) is 6.00. The van der Waals surface area contributed by atoms with Crippen LogP contribution >= 0.6 is 11.3 Å². The first-order valence-corrected chi connectivity index (χ1v) is 9.31. The SMILES string of the molecule is Cc1ccc(-c2ccc(C(O)CCCN)c(OCCCN)c2C)s1. The number of hydrogen-bond donors (Lipinski definition) is 3. The van der Waals surface area contributed by atoms with Crippen molar-refractivity contribution < 1.29 is 9.84 Å². The van der Waals surface area contributed by atoms with Crippen molar-refractivity contribution in [2.24, 2.45) is 11.5 Å². The van der Waals surface area contributed by atoms with Crippen LogP contribution in [0.15, 0.2) is 24.3 Å². The van der Waals surface area contributed by atoms with Crippen LogP contribution in [0.5, 0.6) is 5.75 Å². The largest absolute Gasteiger partial charge is 0.493 e. The fraction of sp³-hybridized carbons (Fsp3) is 0.474. The highest BCUT2D eigenvalue weighted by Crippen LogP contribution is 2.39. The molecule has 2 aromatic rings. The summed E-state index contributed by atoms with van der Waals surface area (Å²) in [6.07, 6.45) is 1.66. The molecule has 0 aliphatic carbocycles. The number of ether oxygens (including phenoxy) is 1. The van der Waals surface area contributed by atoms with Gasteiger partial charge in [0.25, 0.3) is 0 Å². The lowest BCUT2D eigenvalue weighted by Crippen LogP contribution is -2.10. The van der Waals surface area contributed by atoms with E-state index in [1.807, 2.05) is 6.07 Å². The molecule has 0 aliphatic heterocycles. The van der Waals surface area contributed by atoms with Gasteiger partial charge >= 0.3 is 0 Å². The van der Waals surface area contributed by atoms with Crippen molar-refractivity contribution in [3.63, 3.8) is 0 Å². The first kappa shape index (κ1) is 18.9. The smallest absolute Gasteiger partial charge is 0.128 e. The first-order valence-electron chi connectivity index (χ1n) is 8.49. The highest BCUT2D eigenvalue weighted by Gasteiger charge is 2.19. The van der Waals surface area contributed by atoms with E-state index in [1.54, 1.807) is 11.3 Å². The maximum atomic E-state index is 10.5. The van der Waals surface area contributed by atoms with Crippen molar-refractivity contribution in [1.82, 2.24) is 0 Å². The Hall–Kier alpha value is -1.40. The van der Waals surface area contributed by atoms with Gasteiger partial charge in [0.2, 0.25) is 0 Å². The summed E-state index contributed by atoms with van der Waals surface area (Å²) in [6.45, 7) is 5.88. The van der Waals surface area contributed by atoms with Gasteiger partial charge in [-0.15, -0.1) is 11.3 Å². The second-order valence-corrected chi connectivity index (χ2v) is 7.29. The summed E-state index contributed by atoms with van der Waals surface area (Å²) in [5.41, 5.74) is 14.2. The van der Waals surface area contributed by atoms with Crippen LogP contribution < -0.4 is 16.2 Å². The number of thiophene rings is 1. The zero-order valence-electron chi connectivity index (χ0n) is 14.5. The van der Waals surface area contributed by atoms with E-state index in [2.05, 4.69) is 32.0 Å². The van der Waals surface area contributed by atoms with E-state index in [0.29, 0.717) is 26.1 Å². The zero-order valence-corrected chi connectivity index (χ0v) is 15.4. The number of rotatable bonds is 9. The number of benzene rings is 1. The number of aryl methyl sites for hydroxylation is 1. The summed E-state index contributed by atoms with van der Waals surface area (Å²) in [6, 6.07) is 8.32. The molecule has 2 rings (SSSR count). The molecule has 1 atom stereocenters. The maximum Gasteiger partial charge on any atom is 0.128 e. The van der Waals surface area contributed by atoms with Crippen LogP contribution in [0.3, 0.4) is 0 Å². The van der Waals surface area contributed by atoms with Gasteiger partial charge in [-0.1, -0.05) is 12.1 Å². The normalized spacial score (nSPS) is 12.4. The Morgan fingerprint density at radius 1 is 1.08 bits per heavy atom. The molecule has 5 N–H and O–H groups in total. The van der Waals surface area contributed by atoms with Gasteiger partial charge in [-0.25, -0.2) is 0 Å². The third-order valence-corrected chi connectivity index (χ3v) is 5.11. The lowest BCUT2D eigenvalue weighted by Gasteiger charge is -2.20. The number of aliphatic hydroxyl groups excluding tert-OH is 1. The van der Waals surface area contributed by atoms with E-state index in [-0.39, 0.29) is 0 Å². The van der Waals surface area contributed by atoms with Gasteiger partial charge in [0.1, 0.15) is 5.75 Å². The van der Waals surface area contributed by atoms with Crippen LogP contribution in [0.1, 0.15) is 41.4 Å². The third-order valence-electron chi connectivity index (χ3n) is 4.08. The van der Waals surface area contributed by atoms with Gasteiger partial charge in [-0.05, 0) is 63.9 Å². The minimum absolute atomic E-state index is 0.556. The molecule has 0 saturated carbocycles. The van der Waals surface area contributed by atoms with Crippen molar-refractivity contribution in [2.75, 3.05) is 19.7 Å². The Morgan fingerprint density at radius 3 is 2.46 bits per heavy atom. The van der Waals surface area contributed by atoms with Crippen LogP contribution in [0.25, 0.3) is 10.4 Å². The van der Waals surface area contributed by atoms with Crippen LogP contribution in [0.2, 0.25) is 0 Å². The average molecular weight is 349 g/mol. The lowest BCUT2D eigenvalue weighted by atomic mass is 9.97. The fourth-order valence-electron chi connectivity index (χ4n) is 2.74. The predicted molar refractivity (Wildman–Crippen MR) is 102 cm³/mol. The molecule has 0 bridgehead atoms. The summed E-state index contributed by atoms with van der Waals surface area (Å²) >= 11 is 1.77. The molecule has 1 heterocycles. The Kier molecular flexibility index (Phi) is 7.24. The van der Waals surface area contributed by atoms with Gasteiger partial charge < -0.3 is 21.3 Å². The van der Waals surface area contributed by atoms with Gasteiger partial charge in [0, 0.05) is 20.9 Å². The molecule has 0 amide bonds. The molecule has 24 heavy (non-hydrogen) atoms. The fourth-order valence-corrected chi connectivity index (χ4v) is 3.69. The average Bonchev–Trinajstić information content (AvgIpc) is 3.00.